The van der Waals surface area contributed by atoms with Crippen molar-refractivity contribution in [3.05, 3.63) is 0 Å². The van der Waals surface area contributed by atoms with Crippen molar-refractivity contribution in [1.29, 1.82) is 5.26 Å². The van der Waals surface area contributed by atoms with Gasteiger partial charge in [0.1, 0.15) is 11.6 Å². The number of nitrogens with zero attached hydrogens (tertiary/aromatic N) is 1. The average molecular weight is 297 g/mol. The first-order valence-electron chi connectivity index (χ1n) is 7.73. The molecule has 0 fully saturated rings. The Morgan fingerprint density at radius 3 is 2.24 bits per heavy atom. The van der Waals surface area contributed by atoms with Gasteiger partial charge < -0.3 is 10.1 Å². The van der Waals surface area contributed by atoms with E-state index in [0.717, 1.165) is 6.42 Å². The van der Waals surface area contributed by atoms with Crippen LogP contribution >= 0.6 is 0 Å². The first-order valence-corrected chi connectivity index (χ1v) is 7.73. The molecule has 0 aliphatic rings. The molecule has 0 spiro atoms. The number of carbonyl (C=O) groups excluding carboxylic acids is 1. The van der Waals surface area contributed by atoms with E-state index in [-0.39, 0.29) is 23.9 Å². The molecule has 5 heteroatoms. The van der Waals surface area contributed by atoms with E-state index in [4.69, 9.17) is 4.74 Å². The maximum Gasteiger partial charge on any atom is 0.407 e. The monoisotopic (exact) mass is 297 g/mol. The molecule has 0 saturated carbocycles. The van der Waals surface area contributed by atoms with Crippen molar-refractivity contribution in [3.8, 4) is 6.07 Å². The molecule has 1 amide bonds. The molecule has 0 aliphatic carbocycles. The number of ether oxygens (including phenoxy) is 1. The molecule has 3 atom stereocenters. The fraction of sp³-hybridized carbons (Fsp3) is 0.875. The van der Waals surface area contributed by atoms with Crippen LogP contribution in [-0.4, -0.2) is 30.3 Å². The van der Waals surface area contributed by atoms with E-state index in [1.165, 1.54) is 0 Å². The van der Waals surface area contributed by atoms with Crippen LogP contribution in [-0.2, 0) is 4.74 Å². The third-order valence-electron chi connectivity index (χ3n) is 3.38. The van der Waals surface area contributed by atoms with Gasteiger partial charge in [-0.15, -0.1) is 0 Å². The minimum atomic E-state index is -0.513. The lowest BCUT2D eigenvalue weighted by Gasteiger charge is -2.29. The maximum atomic E-state index is 11.7. The molecule has 0 aromatic carbocycles. The Labute approximate surface area is 129 Å². The second kappa shape index (κ2) is 8.89. The third kappa shape index (κ3) is 8.56. The van der Waals surface area contributed by atoms with Crippen LogP contribution in [0.3, 0.4) is 0 Å². The lowest BCUT2D eigenvalue weighted by Crippen LogP contribution is -2.47. The molecule has 0 bridgehead atoms. The number of hydrogen-bond acceptors (Lipinski definition) is 4. The zero-order valence-electron chi connectivity index (χ0n) is 14.5. The van der Waals surface area contributed by atoms with Crippen LogP contribution in [0.15, 0.2) is 0 Å². The summed E-state index contributed by atoms with van der Waals surface area (Å²) in [5.74, 6) is 0.317. The highest BCUT2D eigenvalue weighted by Gasteiger charge is 2.26. The molecular weight excluding hydrogens is 266 g/mol. The molecule has 122 valence electrons. The number of hydrogen-bond donors (Lipinski definition) is 2. The van der Waals surface area contributed by atoms with Crippen molar-refractivity contribution >= 4 is 6.09 Å². The Morgan fingerprint density at radius 2 is 1.86 bits per heavy atom. The van der Waals surface area contributed by atoms with Gasteiger partial charge in [-0.2, -0.15) is 5.26 Å². The first-order chi connectivity index (χ1) is 9.60. The Balaban J connectivity index is 4.62. The minimum absolute atomic E-state index is 0.0384. The van der Waals surface area contributed by atoms with Crippen molar-refractivity contribution in [2.24, 2.45) is 11.8 Å². The summed E-state index contributed by atoms with van der Waals surface area (Å²) in [6.07, 6.45) is 0.524. The average Bonchev–Trinajstić information content (AvgIpc) is 2.34. The van der Waals surface area contributed by atoms with Gasteiger partial charge in [-0.25, -0.2) is 4.79 Å². The van der Waals surface area contributed by atoms with Gasteiger partial charge in [0.25, 0.3) is 0 Å². The van der Waals surface area contributed by atoms with Gasteiger partial charge in [-0.3, -0.25) is 5.32 Å². The lowest BCUT2D eigenvalue weighted by atomic mass is 9.88. The summed E-state index contributed by atoms with van der Waals surface area (Å²) in [6, 6.07) is 2.31. The van der Waals surface area contributed by atoms with Crippen molar-refractivity contribution < 1.29 is 9.53 Å². The summed E-state index contributed by atoms with van der Waals surface area (Å²) >= 11 is 0. The number of carbonyl (C=O) groups is 1. The standard InChI is InChI=1S/C16H31N3O2/c1-8-12(4)19-14(9-17)13(11(2)3)10-18-15(20)21-16(5,6)7/h11-14,19H,8,10H2,1-7H3,(H,18,20). The van der Waals surface area contributed by atoms with E-state index in [1.807, 2.05) is 20.8 Å². The van der Waals surface area contributed by atoms with Crippen LogP contribution in [0.2, 0.25) is 0 Å². The van der Waals surface area contributed by atoms with Crippen LogP contribution in [0.5, 0.6) is 0 Å². The Kier molecular flexibility index (Phi) is 8.34. The van der Waals surface area contributed by atoms with Gasteiger partial charge in [0.15, 0.2) is 0 Å². The van der Waals surface area contributed by atoms with E-state index in [1.54, 1.807) is 0 Å². The SMILES string of the molecule is CCC(C)NC(C#N)C(CNC(=O)OC(C)(C)C)C(C)C. The lowest BCUT2D eigenvalue weighted by molar-refractivity contribution is 0.0511. The largest absolute Gasteiger partial charge is 0.444 e. The summed E-state index contributed by atoms with van der Waals surface area (Å²) in [5.41, 5.74) is -0.513. The topological polar surface area (TPSA) is 74.2 Å². The third-order valence-corrected chi connectivity index (χ3v) is 3.38. The quantitative estimate of drug-likeness (QED) is 0.757. The number of amides is 1. The highest BCUT2D eigenvalue weighted by atomic mass is 16.6. The highest BCUT2D eigenvalue weighted by molar-refractivity contribution is 5.67. The summed E-state index contributed by atoms with van der Waals surface area (Å²) in [6.45, 7) is 14.2. The molecule has 2 N–H and O–H groups in total. The minimum Gasteiger partial charge on any atom is -0.444 e. The molecule has 21 heavy (non-hydrogen) atoms. The number of rotatable bonds is 7. The molecule has 0 aromatic rings. The normalized spacial score (nSPS) is 16.0. The zero-order chi connectivity index (χ0) is 16.6. The number of nitrogens with one attached hydrogen (secondary N) is 2. The summed E-state index contributed by atoms with van der Waals surface area (Å²) in [7, 11) is 0. The van der Waals surface area contributed by atoms with Crippen LogP contribution in [0.1, 0.15) is 54.9 Å². The van der Waals surface area contributed by atoms with Gasteiger partial charge in [0.05, 0.1) is 6.07 Å². The van der Waals surface area contributed by atoms with E-state index < -0.39 is 11.7 Å². The molecule has 0 aromatic heterocycles. The van der Waals surface area contributed by atoms with E-state index in [2.05, 4.69) is 44.4 Å². The van der Waals surface area contributed by atoms with Gasteiger partial charge in [-0.1, -0.05) is 20.8 Å². The van der Waals surface area contributed by atoms with Crippen LogP contribution in [0, 0.1) is 23.2 Å². The van der Waals surface area contributed by atoms with Crippen LogP contribution in [0.4, 0.5) is 4.79 Å². The smallest absolute Gasteiger partial charge is 0.407 e. The Bertz CT molecular complexity index is 356. The predicted octanol–water partition coefficient (Wildman–Crippen LogP) is 3.06. The van der Waals surface area contributed by atoms with E-state index in [9.17, 15) is 10.1 Å². The van der Waals surface area contributed by atoms with E-state index >= 15 is 0 Å². The molecule has 0 saturated heterocycles. The molecule has 3 unspecified atom stereocenters. The number of nitriles is 1. The Morgan fingerprint density at radius 1 is 1.29 bits per heavy atom. The molecule has 5 nitrogen and oxygen atoms in total. The zero-order valence-corrected chi connectivity index (χ0v) is 14.5. The maximum absolute atomic E-state index is 11.7. The second-order valence-corrected chi connectivity index (χ2v) is 6.87. The van der Waals surface area contributed by atoms with Gasteiger partial charge in [0.2, 0.25) is 0 Å². The summed E-state index contributed by atoms with van der Waals surface area (Å²) < 4.78 is 5.23. The predicted molar refractivity (Wildman–Crippen MR) is 84.9 cm³/mol. The number of alkyl carbamates (subject to hydrolysis) is 1. The molecule has 0 heterocycles. The first kappa shape index (κ1) is 19.7. The van der Waals surface area contributed by atoms with Crippen molar-refractivity contribution in [1.82, 2.24) is 10.6 Å². The van der Waals surface area contributed by atoms with Gasteiger partial charge >= 0.3 is 6.09 Å². The summed E-state index contributed by atoms with van der Waals surface area (Å²) in [4.78, 5) is 11.7. The van der Waals surface area contributed by atoms with Gasteiger partial charge in [-0.05, 0) is 40.0 Å². The molecule has 0 radical (unpaired) electrons. The van der Waals surface area contributed by atoms with Crippen LogP contribution in [0.25, 0.3) is 0 Å². The molecular formula is C16H31N3O2. The van der Waals surface area contributed by atoms with Crippen LogP contribution < -0.4 is 10.6 Å². The van der Waals surface area contributed by atoms with Crippen molar-refractivity contribution in [2.45, 2.75) is 72.6 Å². The van der Waals surface area contributed by atoms with Gasteiger partial charge in [0, 0.05) is 18.5 Å². The Hall–Kier alpha value is -1.28. The van der Waals surface area contributed by atoms with Crippen molar-refractivity contribution in [2.75, 3.05) is 6.54 Å². The van der Waals surface area contributed by atoms with Crippen molar-refractivity contribution in [3.63, 3.8) is 0 Å². The molecule has 0 rings (SSSR count). The highest BCUT2D eigenvalue weighted by Crippen LogP contribution is 2.16. The summed E-state index contributed by atoms with van der Waals surface area (Å²) in [5, 5.41) is 15.5. The second-order valence-electron chi connectivity index (χ2n) is 6.87. The fourth-order valence-electron chi connectivity index (χ4n) is 1.93. The van der Waals surface area contributed by atoms with E-state index in [0.29, 0.717) is 6.54 Å². The molecule has 0 aliphatic heterocycles. The fourth-order valence-corrected chi connectivity index (χ4v) is 1.93.